The lowest BCUT2D eigenvalue weighted by Crippen LogP contribution is -2.27. The Hall–Kier alpha value is -3.75. The Kier molecular flexibility index (Phi) is 4.76. The van der Waals surface area contributed by atoms with Crippen molar-refractivity contribution in [3.05, 3.63) is 30.4 Å². The first-order chi connectivity index (χ1) is 14.6. The van der Waals surface area contributed by atoms with Crippen molar-refractivity contribution in [3.63, 3.8) is 0 Å². The molecule has 0 radical (unpaired) electrons. The van der Waals surface area contributed by atoms with Crippen molar-refractivity contribution in [3.8, 4) is 11.9 Å². The molecule has 1 fully saturated rings. The van der Waals surface area contributed by atoms with Gasteiger partial charge in [0, 0.05) is 51.3 Å². The number of hydrogen-bond donors (Lipinski definition) is 1. The van der Waals surface area contributed by atoms with Crippen LogP contribution in [0.25, 0.3) is 16.7 Å². The van der Waals surface area contributed by atoms with Gasteiger partial charge in [0.2, 0.25) is 17.4 Å². The van der Waals surface area contributed by atoms with E-state index >= 15 is 0 Å². The highest BCUT2D eigenvalue weighted by Gasteiger charge is 2.40. The minimum absolute atomic E-state index is 0.00890. The molecule has 3 aromatic rings. The van der Waals surface area contributed by atoms with E-state index in [1.165, 1.54) is 36.1 Å². The first-order valence-corrected chi connectivity index (χ1v) is 9.33. The topological polar surface area (TPSA) is 113 Å². The SMILES string of the molecule is CC(=O)Nc1cc2c(cn1)c(N1CCC(F)(C#N)C1)nn2-c1ccnc(C(C)(F)F)n1. The second-order valence-corrected chi connectivity index (χ2v) is 7.38. The van der Waals surface area contributed by atoms with Crippen molar-refractivity contribution >= 4 is 28.4 Å². The minimum Gasteiger partial charge on any atom is -0.350 e. The molecular weight excluding hydrogens is 413 g/mol. The molecule has 4 heterocycles. The van der Waals surface area contributed by atoms with Crippen molar-refractivity contribution in [2.24, 2.45) is 0 Å². The van der Waals surface area contributed by atoms with Gasteiger partial charge in [-0.25, -0.2) is 24.0 Å². The maximum absolute atomic E-state index is 14.5. The number of nitrogens with zero attached hydrogens (tertiary/aromatic N) is 7. The summed E-state index contributed by atoms with van der Waals surface area (Å²) in [6.07, 6.45) is 2.64. The molecule has 9 nitrogen and oxygen atoms in total. The fourth-order valence-electron chi connectivity index (χ4n) is 3.38. The number of anilines is 2. The van der Waals surface area contributed by atoms with Gasteiger partial charge in [-0.1, -0.05) is 0 Å². The van der Waals surface area contributed by atoms with E-state index in [0.717, 1.165) is 0 Å². The number of nitriles is 1. The van der Waals surface area contributed by atoms with Gasteiger partial charge in [0.05, 0.1) is 17.4 Å². The zero-order valence-electron chi connectivity index (χ0n) is 16.6. The van der Waals surface area contributed by atoms with Gasteiger partial charge in [-0.2, -0.15) is 14.0 Å². The summed E-state index contributed by atoms with van der Waals surface area (Å²) in [6.45, 7) is 2.06. The molecule has 1 unspecified atom stereocenters. The van der Waals surface area contributed by atoms with Crippen LogP contribution in [0, 0.1) is 11.3 Å². The fourth-order valence-corrected chi connectivity index (χ4v) is 3.38. The zero-order chi connectivity index (χ0) is 22.4. The Morgan fingerprint density at radius 2 is 2.16 bits per heavy atom. The summed E-state index contributed by atoms with van der Waals surface area (Å²) in [5, 5.41) is 16.6. The Morgan fingerprint density at radius 1 is 1.39 bits per heavy atom. The summed E-state index contributed by atoms with van der Waals surface area (Å²) < 4.78 is 43.3. The van der Waals surface area contributed by atoms with Crippen LogP contribution in [0.5, 0.6) is 0 Å². The molecular formula is C19H17F3N8O. The van der Waals surface area contributed by atoms with Crippen LogP contribution in [0.15, 0.2) is 24.5 Å². The molecule has 4 rings (SSSR count). The summed E-state index contributed by atoms with van der Waals surface area (Å²) in [7, 11) is 0. The van der Waals surface area contributed by atoms with Crippen molar-refractivity contribution in [2.75, 3.05) is 23.3 Å². The molecule has 160 valence electrons. The Labute approximate surface area is 174 Å². The lowest BCUT2D eigenvalue weighted by atomic mass is 10.1. The maximum atomic E-state index is 14.5. The molecule has 0 aromatic carbocycles. The first kappa shape index (κ1) is 20.5. The molecule has 1 amide bonds. The molecule has 1 aliphatic rings. The summed E-state index contributed by atoms with van der Waals surface area (Å²) in [5.74, 6) is -3.67. The van der Waals surface area contributed by atoms with Crippen molar-refractivity contribution < 1.29 is 18.0 Å². The van der Waals surface area contributed by atoms with E-state index < -0.39 is 17.4 Å². The van der Waals surface area contributed by atoms with Gasteiger partial charge in [-0.15, -0.1) is 5.10 Å². The van der Waals surface area contributed by atoms with Gasteiger partial charge < -0.3 is 10.2 Å². The maximum Gasteiger partial charge on any atom is 0.303 e. The molecule has 0 aliphatic carbocycles. The number of pyridine rings is 1. The van der Waals surface area contributed by atoms with E-state index in [1.807, 2.05) is 0 Å². The average molecular weight is 430 g/mol. The summed E-state index contributed by atoms with van der Waals surface area (Å²) in [4.78, 5) is 24.7. The molecule has 12 heteroatoms. The highest BCUT2D eigenvalue weighted by molar-refractivity contribution is 5.95. The predicted molar refractivity (Wildman–Crippen MR) is 105 cm³/mol. The van der Waals surface area contributed by atoms with Gasteiger partial charge in [-0.3, -0.25) is 4.79 Å². The van der Waals surface area contributed by atoms with Crippen LogP contribution in [0.4, 0.5) is 24.8 Å². The third-order valence-electron chi connectivity index (χ3n) is 4.82. The standard InChI is InChI=1S/C19H17F3N8O/c1-11(31)26-14-7-13-12(8-25-14)16(29-6-4-19(22,9-23)10-29)28-30(13)15-3-5-24-17(27-15)18(2,20)21/h3,5,7-8H,4,6,10H2,1-2H3,(H,25,26,31). The van der Waals surface area contributed by atoms with Crippen molar-refractivity contribution in [1.82, 2.24) is 24.7 Å². The minimum atomic E-state index is -3.26. The van der Waals surface area contributed by atoms with Crippen LogP contribution in [-0.2, 0) is 10.7 Å². The van der Waals surface area contributed by atoms with Crippen LogP contribution in [0.2, 0.25) is 0 Å². The number of halogens is 3. The van der Waals surface area contributed by atoms with E-state index in [9.17, 15) is 18.0 Å². The molecule has 3 aromatic heterocycles. The summed E-state index contributed by atoms with van der Waals surface area (Å²) >= 11 is 0. The molecule has 1 aliphatic heterocycles. The number of fused-ring (bicyclic) bond motifs is 1. The number of nitrogens with one attached hydrogen (secondary N) is 1. The van der Waals surface area contributed by atoms with Crippen LogP contribution in [0.1, 0.15) is 26.1 Å². The fraction of sp³-hybridized carbons (Fsp3) is 0.368. The first-order valence-electron chi connectivity index (χ1n) is 9.33. The van der Waals surface area contributed by atoms with E-state index in [1.54, 1.807) is 11.0 Å². The molecule has 1 saturated heterocycles. The van der Waals surface area contributed by atoms with Gasteiger partial charge in [-0.05, 0) is 0 Å². The molecule has 1 atom stereocenters. The quantitative estimate of drug-likeness (QED) is 0.677. The van der Waals surface area contributed by atoms with E-state index in [0.29, 0.717) is 23.6 Å². The smallest absolute Gasteiger partial charge is 0.303 e. The van der Waals surface area contributed by atoms with Crippen molar-refractivity contribution in [2.45, 2.75) is 31.9 Å². The normalized spacial score (nSPS) is 18.9. The van der Waals surface area contributed by atoms with Crippen LogP contribution in [-0.4, -0.2) is 49.4 Å². The third-order valence-corrected chi connectivity index (χ3v) is 4.82. The number of hydrogen-bond acceptors (Lipinski definition) is 7. The highest BCUT2D eigenvalue weighted by atomic mass is 19.3. The largest absolute Gasteiger partial charge is 0.350 e. The Bertz CT molecular complexity index is 1220. The van der Waals surface area contributed by atoms with Gasteiger partial charge >= 0.3 is 5.92 Å². The second kappa shape index (κ2) is 7.19. The van der Waals surface area contributed by atoms with E-state index in [4.69, 9.17) is 5.26 Å². The third kappa shape index (κ3) is 3.86. The molecule has 31 heavy (non-hydrogen) atoms. The molecule has 0 saturated carbocycles. The second-order valence-electron chi connectivity index (χ2n) is 7.38. The van der Waals surface area contributed by atoms with Gasteiger partial charge in [0.25, 0.3) is 0 Å². The van der Waals surface area contributed by atoms with Gasteiger partial charge in [0.1, 0.15) is 11.9 Å². The van der Waals surface area contributed by atoms with Crippen molar-refractivity contribution in [1.29, 1.82) is 5.26 Å². The van der Waals surface area contributed by atoms with Gasteiger partial charge in [0.15, 0.2) is 11.6 Å². The number of carbonyl (C=O) groups is 1. The predicted octanol–water partition coefficient (Wildman–Crippen LogP) is 2.72. The highest BCUT2D eigenvalue weighted by Crippen LogP contribution is 2.35. The Balaban J connectivity index is 1.88. The number of alkyl halides is 3. The van der Waals surface area contributed by atoms with Crippen LogP contribution < -0.4 is 10.2 Å². The monoisotopic (exact) mass is 430 g/mol. The number of aromatic nitrogens is 5. The molecule has 0 bridgehead atoms. The zero-order valence-corrected chi connectivity index (χ0v) is 16.6. The lowest BCUT2D eigenvalue weighted by Gasteiger charge is -2.15. The molecule has 1 N–H and O–H groups in total. The summed E-state index contributed by atoms with van der Waals surface area (Å²) in [6, 6.07) is 4.59. The molecule has 0 spiro atoms. The van der Waals surface area contributed by atoms with E-state index in [2.05, 4.69) is 25.4 Å². The number of amides is 1. The lowest BCUT2D eigenvalue weighted by molar-refractivity contribution is -0.114. The number of carbonyl (C=O) groups excluding carboxylic acids is 1. The Morgan fingerprint density at radius 3 is 2.81 bits per heavy atom. The summed E-state index contributed by atoms with van der Waals surface area (Å²) in [5.41, 5.74) is -1.60. The van der Waals surface area contributed by atoms with E-state index in [-0.39, 0.29) is 37.1 Å². The average Bonchev–Trinajstić information content (AvgIpc) is 3.28. The van der Waals surface area contributed by atoms with Crippen LogP contribution >= 0.6 is 0 Å². The van der Waals surface area contributed by atoms with Crippen LogP contribution in [0.3, 0.4) is 0 Å². The number of rotatable bonds is 4.